The molecule has 0 radical (unpaired) electrons. The minimum absolute atomic E-state index is 0.0955. The average molecular weight is 390 g/mol. The second-order valence-corrected chi connectivity index (χ2v) is 6.96. The second-order valence-electron chi connectivity index (χ2n) is 6.62. The van der Waals surface area contributed by atoms with Crippen molar-refractivity contribution in [1.29, 1.82) is 0 Å². The lowest BCUT2D eigenvalue weighted by atomic mass is 10.2. The Kier molecular flexibility index (Phi) is 6.01. The molecular formula is C19H24ClN5O2. The normalized spacial score (nSPS) is 11.2. The monoisotopic (exact) mass is 389 g/mol. The molecule has 3 rings (SSSR count). The highest BCUT2D eigenvalue weighted by Gasteiger charge is 2.12. The Bertz CT molecular complexity index is 996. The minimum atomic E-state index is -0.0955. The van der Waals surface area contributed by atoms with E-state index in [4.69, 9.17) is 22.1 Å². The summed E-state index contributed by atoms with van der Waals surface area (Å²) in [5, 5.41) is 0.149. The maximum Gasteiger partial charge on any atom is 0.330 e. The summed E-state index contributed by atoms with van der Waals surface area (Å²) in [6, 6.07) is 5.75. The summed E-state index contributed by atoms with van der Waals surface area (Å²) < 4.78 is 8.94. The third-order valence-electron chi connectivity index (χ3n) is 4.65. The molecule has 0 amide bonds. The molecule has 0 aliphatic carbocycles. The van der Waals surface area contributed by atoms with E-state index in [0.717, 1.165) is 42.7 Å². The van der Waals surface area contributed by atoms with Crippen molar-refractivity contribution in [2.24, 2.45) is 7.05 Å². The lowest BCUT2D eigenvalue weighted by Gasteiger charge is -2.08. The van der Waals surface area contributed by atoms with Gasteiger partial charge in [0.25, 0.3) is 0 Å². The molecular weight excluding hydrogens is 366 g/mol. The van der Waals surface area contributed by atoms with Crippen molar-refractivity contribution in [3.63, 3.8) is 0 Å². The molecule has 0 spiro atoms. The second kappa shape index (κ2) is 8.43. The Morgan fingerprint density at radius 3 is 2.78 bits per heavy atom. The first-order valence-corrected chi connectivity index (χ1v) is 9.42. The van der Waals surface area contributed by atoms with E-state index in [1.165, 1.54) is 0 Å². The summed E-state index contributed by atoms with van der Waals surface area (Å²) in [5.41, 5.74) is 8.86. The van der Waals surface area contributed by atoms with E-state index >= 15 is 0 Å². The van der Waals surface area contributed by atoms with Gasteiger partial charge in [0, 0.05) is 25.3 Å². The van der Waals surface area contributed by atoms with Crippen molar-refractivity contribution < 1.29 is 4.74 Å². The van der Waals surface area contributed by atoms with Gasteiger partial charge in [-0.05, 0) is 43.0 Å². The first kappa shape index (κ1) is 19.2. The molecule has 7 nitrogen and oxygen atoms in total. The number of anilines is 1. The van der Waals surface area contributed by atoms with Gasteiger partial charge in [-0.15, -0.1) is 0 Å². The van der Waals surface area contributed by atoms with E-state index in [1.807, 2.05) is 25.1 Å². The van der Waals surface area contributed by atoms with E-state index < -0.39 is 0 Å². The standard InChI is InChI=1S/C19H24ClN5O2/c1-13-7-8-14(11-15(13)21)27-10-6-4-3-5-9-25-17-16(24(2)19(25)26)12-22-18(20)23-17/h7-8,11-12H,3-6,9-10,21H2,1-2H3. The van der Waals surface area contributed by atoms with Crippen LogP contribution in [0.2, 0.25) is 5.28 Å². The third kappa shape index (κ3) is 4.42. The summed E-state index contributed by atoms with van der Waals surface area (Å²) in [6.45, 7) is 3.23. The number of nitrogen functional groups attached to an aromatic ring is 1. The van der Waals surface area contributed by atoms with Gasteiger partial charge in [0.2, 0.25) is 5.28 Å². The summed E-state index contributed by atoms with van der Waals surface area (Å²) in [4.78, 5) is 20.5. The van der Waals surface area contributed by atoms with Crippen LogP contribution >= 0.6 is 11.6 Å². The van der Waals surface area contributed by atoms with Crippen LogP contribution in [0.1, 0.15) is 31.2 Å². The molecule has 144 valence electrons. The van der Waals surface area contributed by atoms with Gasteiger partial charge >= 0.3 is 5.69 Å². The van der Waals surface area contributed by atoms with E-state index in [2.05, 4.69) is 9.97 Å². The lowest BCUT2D eigenvalue weighted by molar-refractivity contribution is 0.304. The first-order valence-electron chi connectivity index (χ1n) is 9.04. The summed E-state index contributed by atoms with van der Waals surface area (Å²) in [6.07, 6.45) is 5.44. The summed E-state index contributed by atoms with van der Waals surface area (Å²) in [5.74, 6) is 0.803. The number of halogens is 1. The number of aryl methyl sites for hydroxylation is 3. The van der Waals surface area contributed by atoms with Gasteiger partial charge in [-0.2, -0.15) is 4.98 Å². The van der Waals surface area contributed by atoms with E-state index in [1.54, 1.807) is 22.4 Å². The molecule has 2 N–H and O–H groups in total. The molecule has 8 heteroatoms. The average Bonchev–Trinajstić information content (AvgIpc) is 2.87. The van der Waals surface area contributed by atoms with Crippen LogP contribution in [0.3, 0.4) is 0 Å². The Morgan fingerprint density at radius 2 is 2.00 bits per heavy atom. The number of nitrogens with zero attached hydrogens (tertiary/aromatic N) is 4. The zero-order valence-corrected chi connectivity index (χ0v) is 16.4. The number of nitrogens with two attached hydrogens (primary N) is 1. The molecule has 0 aliphatic rings. The highest BCUT2D eigenvalue weighted by molar-refractivity contribution is 6.28. The van der Waals surface area contributed by atoms with Crippen LogP contribution in [0, 0.1) is 6.92 Å². The van der Waals surface area contributed by atoms with Gasteiger partial charge in [0.15, 0.2) is 5.65 Å². The highest BCUT2D eigenvalue weighted by Crippen LogP contribution is 2.19. The topological polar surface area (TPSA) is 88.0 Å². The molecule has 0 aliphatic heterocycles. The Balaban J connectivity index is 1.45. The zero-order chi connectivity index (χ0) is 19.4. The molecule has 1 aromatic carbocycles. The van der Waals surface area contributed by atoms with Gasteiger partial charge < -0.3 is 10.5 Å². The van der Waals surface area contributed by atoms with Crippen LogP contribution in [-0.2, 0) is 13.6 Å². The maximum absolute atomic E-state index is 12.4. The van der Waals surface area contributed by atoms with Crippen LogP contribution < -0.4 is 16.2 Å². The van der Waals surface area contributed by atoms with Gasteiger partial charge in [0.1, 0.15) is 11.3 Å². The fourth-order valence-electron chi connectivity index (χ4n) is 2.98. The van der Waals surface area contributed by atoms with Crippen molar-refractivity contribution in [2.45, 2.75) is 39.2 Å². The summed E-state index contributed by atoms with van der Waals surface area (Å²) in [7, 11) is 1.72. The van der Waals surface area contributed by atoms with Gasteiger partial charge in [-0.1, -0.05) is 18.9 Å². The fraction of sp³-hybridized carbons (Fsp3) is 0.421. The number of imidazole rings is 1. The number of aromatic nitrogens is 4. The lowest BCUT2D eigenvalue weighted by Crippen LogP contribution is -2.22. The van der Waals surface area contributed by atoms with Gasteiger partial charge in [-0.25, -0.2) is 9.78 Å². The number of fused-ring (bicyclic) bond motifs is 1. The smallest absolute Gasteiger partial charge is 0.330 e. The van der Waals surface area contributed by atoms with Crippen molar-refractivity contribution in [2.75, 3.05) is 12.3 Å². The molecule has 0 unspecified atom stereocenters. The minimum Gasteiger partial charge on any atom is -0.494 e. The number of hydrogen-bond donors (Lipinski definition) is 1. The van der Waals surface area contributed by atoms with E-state index in [9.17, 15) is 4.79 Å². The predicted molar refractivity (Wildman–Crippen MR) is 107 cm³/mol. The number of hydrogen-bond acceptors (Lipinski definition) is 5. The maximum atomic E-state index is 12.4. The Morgan fingerprint density at radius 1 is 1.22 bits per heavy atom. The van der Waals surface area contributed by atoms with Crippen molar-refractivity contribution in [1.82, 2.24) is 19.1 Å². The molecule has 0 fully saturated rings. The van der Waals surface area contributed by atoms with Crippen LogP contribution in [0.15, 0.2) is 29.2 Å². The molecule has 27 heavy (non-hydrogen) atoms. The first-order chi connectivity index (χ1) is 13.0. The molecule has 0 saturated heterocycles. The van der Waals surface area contributed by atoms with Crippen LogP contribution in [0.4, 0.5) is 5.69 Å². The molecule has 3 aromatic rings. The van der Waals surface area contributed by atoms with Crippen LogP contribution in [-0.4, -0.2) is 25.7 Å². The quantitative estimate of drug-likeness (QED) is 0.362. The van der Waals surface area contributed by atoms with Crippen molar-refractivity contribution in [3.05, 3.63) is 45.7 Å². The van der Waals surface area contributed by atoms with E-state index in [-0.39, 0.29) is 11.0 Å². The third-order valence-corrected chi connectivity index (χ3v) is 4.83. The highest BCUT2D eigenvalue weighted by atomic mass is 35.5. The van der Waals surface area contributed by atoms with Crippen molar-refractivity contribution in [3.8, 4) is 5.75 Å². The van der Waals surface area contributed by atoms with Gasteiger partial charge in [0.05, 0.1) is 12.8 Å². The Hall–Kier alpha value is -2.54. The predicted octanol–water partition coefficient (Wildman–Crippen LogP) is 3.31. The fourth-order valence-corrected chi connectivity index (χ4v) is 3.11. The zero-order valence-electron chi connectivity index (χ0n) is 15.6. The van der Waals surface area contributed by atoms with E-state index in [0.29, 0.717) is 24.3 Å². The van der Waals surface area contributed by atoms with Gasteiger partial charge in [-0.3, -0.25) is 9.13 Å². The number of unbranched alkanes of at least 4 members (excludes halogenated alkanes) is 3. The van der Waals surface area contributed by atoms with Crippen LogP contribution in [0.5, 0.6) is 5.75 Å². The molecule has 2 aromatic heterocycles. The molecule has 0 bridgehead atoms. The van der Waals surface area contributed by atoms with Crippen molar-refractivity contribution >= 4 is 28.5 Å². The summed E-state index contributed by atoms with van der Waals surface area (Å²) >= 11 is 5.87. The molecule has 0 atom stereocenters. The molecule has 2 heterocycles. The number of ether oxygens (including phenoxy) is 1. The molecule has 0 saturated carbocycles. The largest absolute Gasteiger partial charge is 0.494 e. The Labute approximate surface area is 162 Å². The SMILES string of the molecule is Cc1ccc(OCCCCCCn2c(=O)n(C)c3cnc(Cl)nc32)cc1N. The number of benzene rings is 1. The number of rotatable bonds is 8. The van der Waals surface area contributed by atoms with Crippen LogP contribution in [0.25, 0.3) is 11.2 Å².